The van der Waals surface area contributed by atoms with Gasteiger partial charge in [-0.15, -0.1) is 0 Å². The van der Waals surface area contributed by atoms with Crippen LogP contribution in [0.5, 0.6) is 11.5 Å². The van der Waals surface area contributed by atoms with E-state index in [2.05, 4.69) is 0 Å². The van der Waals surface area contributed by atoms with Gasteiger partial charge < -0.3 is 9.84 Å². The van der Waals surface area contributed by atoms with E-state index in [0.29, 0.717) is 22.8 Å². The van der Waals surface area contributed by atoms with Crippen molar-refractivity contribution in [2.75, 3.05) is 7.11 Å². The van der Waals surface area contributed by atoms with Gasteiger partial charge in [-0.2, -0.15) is 0 Å². The maximum atomic E-state index is 12.1. The number of rotatable bonds is 7. The Labute approximate surface area is 139 Å². The van der Waals surface area contributed by atoms with Gasteiger partial charge in [-0.05, 0) is 36.2 Å². The molecule has 0 aromatic heterocycles. The third-order valence-electron chi connectivity index (χ3n) is 3.47. The van der Waals surface area contributed by atoms with E-state index in [0.717, 1.165) is 5.56 Å². The predicted octanol–water partition coefficient (Wildman–Crippen LogP) is 3.83. The van der Waals surface area contributed by atoms with Gasteiger partial charge in [-0.25, -0.2) is 0 Å². The minimum absolute atomic E-state index is 0.0523. The maximum absolute atomic E-state index is 12.1. The van der Waals surface area contributed by atoms with Crippen molar-refractivity contribution >= 4 is 23.2 Å². The van der Waals surface area contributed by atoms with Crippen LogP contribution in [0.15, 0.2) is 42.5 Å². The number of hydrogen-bond donors (Lipinski definition) is 1. The molecule has 0 spiro atoms. The van der Waals surface area contributed by atoms with Gasteiger partial charge in [0.05, 0.1) is 18.6 Å². The molecule has 23 heavy (non-hydrogen) atoms. The molecule has 0 heterocycles. The Morgan fingerprint density at radius 2 is 1.91 bits per heavy atom. The number of phenolic OH excluding ortho intramolecular Hbond substituents is 1. The van der Waals surface area contributed by atoms with Gasteiger partial charge in [0.1, 0.15) is 5.78 Å². The molecule has 2 aromatic rings. The second kappa shape index (κ2) is 7.79. The van der Waals surface area contributed by atoms with E-state index in [1.54, 1.807) is 36.4 Å². The van der Waals surface area contributed by atoms with Crippen LogP contribution in [0.2, 0.25) is 5.02 Å². The Balaban J connectivity index is 1.93. The summed E-state index contributed by atoms with van der Waals surface area (Å²) < 4.78 is 5.02. The zero-order valence-electron chi connectivity index (χ0n) is 12.7. The second-order valence-electron chi connectivity index (χ2n) is 5.12. The number of ketones is 2. The van der Waals surface area contributed by atoms with E-state index in [4.69, 9.17) is 16.3 Å². The summed E-state index contributed by atoms with van der Waals surface area (Å²) in [7, 11) is 1.46. The predicted molar refractivity (Wildman–Crippen MR) is 88.4 cm³/mol. The number of carbonyl (C=O) groups excluding carboxylic acids is 2. The molecule has 2 rings (SSSR count). The molecule has 0 amide bonds. The molecule has 2 aromatic carbocycles. The number of Topliss-reactive ketones (excluding diaryl/α,β-unsaturated/α-hetero) is 2. The van der Waals surface area contributed by atoms with E-state index in [9.17, 15) is 14.7 Å². The highest BCUT2D eigenvalue weighted by Crippen LogP contribution is 2.26. The zero-order chi connectivity index (χ0) is 16.8. The first-order valence-corrected chi connectivity index (χ1v) is 7.54. The molecule has 0 bridgehead atoms. The molecular formula is C18H17ClO4. The van der Waals surface area contributed by atoms with Crippen molar-refractivity contribution in [2.24, 2.45) is 0 Å². The van der Waals surface area contributed by atoms with Gasteiger partial charge in [0.25, 0.3) is 0 Å². The molecule has 0 saturated carbocycles. The van der Waals surface area contributed by atoms with Gasteiger partial charge in [0, 0.05) is 12.0 Å². The van der Waals surface area contributed by atoms with Gasteiger partial charge in [0.2, 0.25) is 0 Å². The minimum Gasteiger partial charge on any atom is -0.504 e. The average Bonchev–Trinajstić information content (AvgIpc) is 2.54. The fraction of sp³-hybridized carbons (Fsp3) is 0.222. The van der Waals surface area contributed by atoms with Crippen LogP contribution in [0.4, 0.5) is 0 Å². The molecule has 5 heteroatoms. The quantitative estimate of drug-likeness (QED) is 0.618. The lowest BCUT2D eigenvalue weighted by Gasteiger charge is -2.07. The number of benzene rings is 2. The number of methoxy groups -OCH3 is 1. The van der Waals surface area contributed by atoms with E-state index >= 15 is 0 Å². The molecule has 4 nitrogen and oxygen atoms in total. The molecule has 0 atom stereocenters. The lowest BCUT2D eigenvalue weighted by Crippen LogP contribution is -2.09. The van der Waals surface area contributed by atoms with Crippen LogP contribution in [0.1, 0.15) is 28.8 Å². The lowest BCUT2D eigenvalue weighted by atomic mass is 10.0. The Morgan fingerprint density at radius 3 is 2.61 bits per heavy atom. The number of phenols is 1. The maximum Gasteiger partial charge on any atom is 0.171 e. The average molecular weight is 333 g/mol. The van der Waals surface area contributed by atoms with Crippen LogP contribution in [-0.4, -0.2) is 23.8 Å². The van der Waals surface area contributed by atoms with Crippen molar-refractivity contribution in [2.45, 2.75) is 19.3 Å². The van der Waals surface area contributed by atoms with Gasteiger partial charge in [0.15, 0.2) is 17.3 Å². The van der Waals surface area contributed by atoms with Crippen LogP contribution < -0.4 is 4.74 Å². The first-order chi connectivity index (χ1) is 11.0. The first kappa shape index (κ1) is 17.0. The van der Waals surface area contributed by atoms with Crippen molar-refractivity contribution in [3.8, 4) is 11.5 Å². The van der Waals surface area contributed by atoms with Crippen molar-refractivity contribution in [3.05, 3.63) is 58.6 Å². The monoisotopic (exact) mass is 332 g/mol. The van der Waals surface area contributed by atoms with Gasteiger partial charge in [-0.3, -0.25) is 9.59 Å². The molecule has 0 aliphatic carbocycles. The molecule has 0 fully saturated rings. The number of halogens is 1. The standard InChI is InChI=1S/C18H17ClO4/c1-23-18-10-12(7-9-16(18)21)6-8-13(20)11-17(22)14-4-2-3-5-15(14)19/h2-5,7,9-10,21H,6,8,11H2,1H3. The van der Waals surface area contributed by atoms with E-state index in [1.165, 1.54) is 13.2 Å². The first-order valence-electron chi connectivity index (χ1n) is 7.16. The van der Waals surface area contributed by atoms with Crippen molar-refractivity contribution in [1.82, 2.24) is 0 Å². The molecular weight excluding hydrogens is 316 g/mol. The molecule has 0 saturated heterocycles. The highest BCUT2D eigenvalue weighted by molar-refractivity contribution is 6.34. The molecule has 0 aliphatic heterocycles. The highest BCUT2D eigenvalue weighted by atomic mass is 35.5. The number of hydrogen-bond acceptors (Lipinski definition) is 4. The van der Waals surface area contributed by atoms with Crippen LogP contribution in [0.25, 0.3) is 0 Å². The largest absolute Gasteiger partial charge is 0.504 e. The molecule has 1 N–H and O–H groups in total. The highest BCUT2D eigenvalue weighted by Gasteiger charge is 2.14. The second-order valence-corrected chi connectivity index (χ2v) is 5.53. The fourth-order valence-electron chi connectivity index (χ4n) is 2.21. The Bertz CT molecular complexity index is 725. The van der Waals surface area contributed by atoms with Gasteiger partial charge >= 0.3 is 0 Å². The number of aromatic hydroxyl groups is 1. The zero-order valence-corrected chi connectivity index (χ0v) is 13.5. The van der Waals surface area contributed by atoms with Crippen LogP contribution in [-0.2, 0) is 11.2 Å². The molecule has 0 radical (unpaired) electrons. The van der Waals surface area contributed by atoms with Crippen molar-refractivity contribution < 1.29 is 19.4 Å². The molecule has 0 unspecified atom stereocenters. The summed E-state index contributed by atoms with van der Waals surface area (Å²) in [4.78, 5) is 24.1. The van der Waals surface area contributed by atoms with Crippen molar-refractivity contribution in [3.63, 3.8) is 0 Å². The summed E-state index contributed by atoms with van der Waals surface area (Å²) in [6.07, 6.45) is 0.550. The van der Waals surface area contributed by atoms with E-state index in [-0.39, 0.29) is 30.2 Å². The summed E-state index contributed by atoms with van der Waals surface area (Å²) >= 11 is 5.95. The SMILES string of the molecule is COc1cc(CCC(=O)CC(=O)c2ccccc2Cl)ccc1O. The summed E-state index contributed by atoms with van der Waals surface area (Å²) in [6.45, 7) is 0. The summed E-state index contributed by atoms with van der Waals surface area (Å²) in [5.74, 6) is -0.00980. The van der Waals surface area contributed by atoms with Crippen LogP contribution >= 0.6 is 11.6 Å². The summed E-state index contributed by atoms with van der Waals surface area (Å²) in [5.41, 5.74) is 1.23. The van der Waals surface area contributed by atoms with Crippen molar-refractivity contribution in [1.29, 1.82) is 0 Å². The number of ether oxygens (including phenoxy) is 1. The summed E-state index contributed by atoms with van der Waals surface area (Å²) in [6, 6.07) is 11.6. The number of aryl methyl sites for hydroxylation is 1. The topological polar surface area (TPSA) is 63.6 Å². The number of carbonyl (C=O) groups is 2. The third-order valence-corrected chi connectivity index (χ3v) is 3.80. The summed E-state index contributed by atoms with van der Waals surface area (Å²) in [5, 5.41) is 9.89. The normalized spacial score (nSPS) is 10.3. The van der Waals surface area contributed by atoms with E-state index in [1.807, 2.05) is 0 Å². The Hall–Kier alpha value is -2.33. The Kier molecular flexibility index (Phi) is 5.77. The Morgan fingerprint density at radius 1 is 1.17 bits per heavy atom. The van der Waals surface area contributed by atoms with Crippen LogP contribution in [0.3, 0.4) is 0 Å². The lowest BCUT2D eigenvalue weighted by molar-refractivity contribution is -0.118. The molecule has 120 valence electrons. The van der Waals surface area contributed by atoms with Gasteiger partial charge in [-0.1, -0.05) is 29.8 Å². The third kappa shape index (κ3) is 4.57. The fourth-order valence-corrected chi connectivity index (χ4v) is 2.45. The minimum atomic E-state index is -0.274. The molecule has 0 aliphatic rings. The smallest absolute Gasteiger partial charge is 0.171 e. The van der Waals surface area contributed by atoms with E-state index < -0.39 is 0 Å². The van der Waals surface area contributed by atoms with Crippen LogP contribution in [0, 0.1) is 0 Å².